The fourth-order valence-corrected chi connectivity index (χ4v) is 5.82. The van der Waals surface area contributed by atoms with Crippen molar-refractivity contribution in [1.29, 1.82) is 0 Å². The largest absolute Gasteiger partial charge is 0.438 e. The minimum Gasteiger partial charge on any atom is -0.438 e. The highest BCUT2D eigenvalue weighted by molar-refractivity contribution is 8.26. The van der Waals surface area contributed by atoms with Crippen molar-refractivity contribution >= 4 is 45.9 Å². The molecule has 2 aromatic heterocycles. The fraction of sp³-hybridized carbons (Fsp3) is 0.400. The van der Waals surface area contributed by atoms with E-state index >= 15 is 0 Å². The Morgan fingerprint density at radius 1 is 1.16 bits per heavy atom. The number of ether oxygens (including phenoxy) is 1. The van der Waals surface area contributed by atoms with E-state index in [1.807, 2.05) is 31.2 Å². The molecule has 0 saturated carbocycles. The third-order valence-electron chi connectivity index (χ3n) is 6.86. The summed E-state index contributed by atoms with van der Waals surface area (Å²) in [4.78, 5) is 33.9. The SMILES string of the molecule is CCCCC(CC)CN1C(=O)/C(=C\c2c(Oc3cc(C)ccc3C(C)C)nc3ccccn3c2=O)SC1=S. The monoisotopic (exact) mass is 549 g/mol. The summed E-state index contributed by atoms with van der Waals surface area (Å²) in [5, 5.41) is 0. The molecule has 1 atom stereocenters. The van der Waals surface area contributed by atoms with Crippen molar-refractivity contribution in [2.45, 2.75) is 66.2 Å². The number of unbranched alkanes of at least 4 members (excludes halogenated alkanes) is 1. The fourth-order valence-electron chi connectivity index (χ4n) is 4.56. The number of thioether (sulfide) groups is 1. The first-order chi connectivity index (χ1) is 18.2. The second-order valence-electron chi connectivity index (χ2n) is 10.1. The number of hydrogen-bond acceptors (Lipinski definition) is 6. The third kappa shape index (κ3) is 6.02. The Hall–Kier alpha value is -2.97. The van der Waals surface area contributed by atoms with Gasteiger partial charge in [0.15, 0.2) is 0 Å². The van der Waals surface area contributed by atoms with Gasteiger partial charge in [-0.15, -0.1) is 0 Å². The molecule has 200 valence electrons. The predicted molar refractivity (Wildman–Crippen MR) is 160 cm³/mol. The van der Waals surface area contributed by atoms with Gasteiger partial charge in [-0.05, 0) is 60.6 Å². The second kappa shape index (κ2) is 12.3. The highest BCUT2D eigenvalue weighted by Gasteiger charge is 2.34. The normalized spacial score (nSPS) is 15.7. The van der Waals surface area contributed by atoms with Gasteiger partial charge in [0.2, 0.25) is 5.88 Å². The van der Waals surface area contributed by atoms with Gasteiger partial charge in [-0.1, -0.05) is 89.1 Å². The molecule has 1 aliphatic rings. The maximum Gasteiger partial charge on any atom is 0.269 e. The van der Waals surface area contributed by atoms with Gasteiger partial charge >= 0.3 is 0 Å². The zero-order valence-electron chi connectivity index (χ0n) is 22.7. The van der Waals surface area contributed by atoms with Crippen molar-refractivity contribution in [2.75, 3.05) is 6.54 Å². The molecule has 0 bridgehead atoms. The lowest BCUT2D eigenvalue weighted by Crippen LogP contribution is -2.33. The minimum absolute atomic E-state index is 0.170. The molecule has 1 fully saturated rings. The molecule has 0 N–H and O–H groups in total. The van der Waals surface area contributed by atoms with Gasteiger partial charge in [0, 0.05) is 12.7 Å². The Balaban J connectivity index is 1.77. The summed E-state index contributed by atoms with van der Waals surface area (Å²) in [6, 6.07) is 11.4. The summed E-state index contributed by atoms with van der Waals surface area (Å²) in [6.07, 6.45) is 7.56. The molecule has 0 spiro atoms. The Labute approximate surface area is 234 Å². The van der Waals surface area contributed by atoms with E-state index in [0.29, 0.717) is 33.1 Å². The number of nitrogens with zero attached hydrogens (tertiary/aromatic N) is 3. The van der Waals surface area contributed by atoms with Crippen LogP contribution in [0.2, 0.25) is 0 Å². The molecular formula is C30H35N3O3S2. The van der Waals surface area contributed by atoms with E-state index in [1.54, 1.807) is 29.3 Å². The summed E-state index contributed by atoms with van der Waals surface area (Å²) in [7, 11) is 0. The van der Waals surface area contributed by atoms with Gasteiger partial charge in [0.25, 0.3) is 11.5 Å². The first-order valence-electron chi connectivity index (χ1n) is 13.3. The van der Waals surface area contributed by atoms with Crippen LogP contribution in [-0.2, 0) is 4.79 Å². The van der Waals surface area contributed by atoms with Gasteiger partial charge < -0.3 is 4.74 Å². The van der Waals surface area contributed by atoms with E-state index in [4.69, 9.17) is 21.9 Å². The Kier molecular flexibility index (Phi) is 9.05. The number of pyridine rings is 1. The van der Waals surface area contributed by atoms with Gasteiger partial charge in [-0.3, -0.25) is 18.9 Å². The van der Waals surface area contributed by atoms with Crippen LogP contribution >= 0.6 is 24.0 Å². The van der Waals surface area contributed by atoms with Gasteiger partial charge in [0.05, 0.1) is 4.91 Å². The van der Waals surface area contributed by atoms with Crippen LogP contribution in [0.15, 0.2) is 52.3 Å². The van der Waals surface area contributed by atoms with Crippen LogP contribution in [0.25, 0.3) is 11.7 Å². The van der Waals surface area contributed by atoms with Crippen LogP contribution in [-0.4, -0.2) is 31.1 Å². The van der Waals surface area contributed by atoms with Crippen molar-refractivity contribution in [2.24, 2.45) is 5.92 Å². The van der Waals surface area contributed by atoms with Crippen LogP contribution in [0.1, 0.15) is 76.0 Å². The lowest BCUT2D eigenvalue weighted by atomic mass is 9.99. The number of thiocarbonyl (C=S) groups is 1. The van der Waals surface area contributed by atoms with Crippen molar-refractivity contribution in [1.82, 2.24) is 14.3 Å². The van der Waals surface area contributed by atoms with Crippen molar-refractivity contribution in [3.05, 3.63) is 74.5 Å². The molecule has 0 radical (unpaired) electrons. The number of hydrogen-bond donors (Lipinski definition) is 0. The molecule has 0 aliphatic carbocycles. The Morgan fingerprint density at radius 2 is 1.95 bits per heavy atom. The lowest BCUT2D eigenvalue weighted by molar-refractivity contribution is -0.122. The smallest absolute Gasteiger partial charge is 0.269 e. The lowest BCUT2D eigenvalue weighted by Gasteiger charge is -2.21. The van der Waals surface area contributed by atoms with Gasteiger partial charge in [-0.25, -0.2) is 0 Å². The molecule has 1 saturated heterocycles. The zero-order chi connectivity index (χ0) is 27.4. The third-order valence-corrected chi connectivity index (χ3v) is 8.24. The number of benzene rings is 1. The van der Waals surface area contributed by atoms with Crippen LogP contribution in [0.3, 0.4) is 0 Å². The summed E-state index contributed by atoms with van der Waals surface area (Å²) in [6.45, 7) is 11.1. The number of amides is 1. The van der Waals surface area contributed by atoms with Crippen molar-refractivity contribution < 1.29 is 9.53 Å². The van der Waals surface area contributed by atoms with E-state index in [-0.39, 0.29) is 28.8 Å². The van der Waals surface area contributed by atoms with E-state index in [2.05, 4.69) is 27.7 Å². The van der Waals surface area contributed by atoms with E-state index < -0.39 is 0 Å². The Bertz CT molecular complexity index is 1440. The summed E-state index contributed by atoms with van der Waals surface area (Å²) >= 11 is 6.82. The number of carbonyl (C=O) groups is 1. The van der Waals surface area contributed by atoms with Crippen molar-refractivity contribution in [3.63, 3.8) is 0 Å². The average Bonchev–Trinajstić information content (AvgIpc) is 3.15. The number of rotatable bonds is 10. The molecule has 1 amide bonds. The van der Waals surface area contributed by atoms with Crippen molar-refractivity contribution in [3.8, 4) is 11.6 Å². The molecule has 6 nitrogen and oxygen atoms in total. The first-order valence-corrected chi connectivity index (χ1v) is 14.5. The molecule has 1 aromatic carbocycles. The van der Waals surface area contributed by atoms with Crippen LogP contribution in [0, 0.1) is 12.8 Å². The van der Waals surface area contributed by atoms with Crippen LogP contribution < -0.4 is 10.3 Å². The number of carbonyl (C=O) groups excluding carboxylic acids is 1. The topological polar surface area (TPSA) is 63.9 Å². The first kappa shape index (κ1) is 28.0. The predicted octanol–water partition coefficient (Wildman–Crippen LogP) is 7.34. The maximum atomic E-state index is 13.7. The zero-order valence-corrected chi connectivity index (χ0v) is 24.3. The standard InChI is InChI=1S/C30H35N3O3S2/c1-6-8-11-21(7-2)18-33-29(35)25(38-30(33)37)17-23-27(31-26-12-9-10-15-32(26)28(23)34)36-24-16-20(5)13-14-22(24)19(3)4/h9-10,12-17,19,21H,6-8,11,18H2,1-5H3/b25-17+. The summed E-state index contributed by atoms with van der Waals surface area (Å²) in [5.74, 6) is 1.26. The summed E-state index contributed by atoms with van der Waals surface area (Å²) in [5.41, 5.74) is 2.45. The number of fused-ring (bicyclic) bond motifs is 1. The Morgan fingerprint density at radius 3 is 2.66 bits per heavy atom. The van der Waals surface area contributed by atoms with E-state index in [1.165, 1.54) is 16.2 Å². The maximum absolute atomic E-state index is 13.7. The summed E-state index contributed by atoms with van der Waals surface area (Å²) < 4.78 is 8.35. The quantitative estimate of drug-likeness (QED) is 0.195. The molecule has 1 unspecified atom stereocenters. The average molecular weight is 550 g/mol. The van der Waals surface area contributed by atoms with E-state index in [9.17, 15) is 9.59 Å². The molecule has 1 aliphatic heterocycles. The van der Waals surface area contributed by atoms with Crippen LogP contribution in [0.4, 0.5) is 0 Å². The number of aromatic nitrogens is 2. The van der Waals surface area contributed by atoms with E-state index in [0.717, 1.165) is 36.8 Å². The molecule has 38 heavy (non-hydrogen) atoms. The highest BCUT2D eigenvalue weighted by atomic mass is 32.2. The van der Waals surface area contributed by atoms with Gasteiger partial charge in [0.1, 0.15) is 21.3 Å². The minimum atomic E-state index is -0.302. The molecular weight excluding hydrogens is 514 g/mol. The van der Waals surface area contributed by atoms with Crippen LogP contribution in [0.5, 0.6) is 11.6 Å². The molecule has 3 heterocycles. The number of aryl methyl sites for hydroxylation is 1. The van der Waals surface area contributed by atoms with Gasteiger partial charge in [-0.2, -0.15) is 4.98 Å². The highest BCUT2D eigenvalue weighted by Crippen LogP contribution is 2.36. The molecule has 8 heteroatoms. The molecule has 4 rings (SSSR count). The second-order valence-corrected chi connectivity index (χ2v) is 11.7. The molecule has 3 aromatic rings.